The molecular formula is C49H33N3O. The number of nitrogens with zero attached hydrogens (tertiary/aromatic N) is 2. The van der Waals surface area contributed by atoms with Gasteiger partial charge in [-0.2, -0.15) is 0 Å². The molecule has 10 rings (SSSR count). The molecule has 250 valence electrons. The number of para-hydroxylation sites is 1. The third kappa shape index (κ3) is 5.58. The number of hydrogen-bond donors (Lipinski definition) is 1. The Morgan fingerprint density at radius 1 is 0.377 bits per heavy atom. The van der Waals surface area contributed by atoms with Crippen LogP contribution in [0.3, 0.4) is 0 Å². The standard InChI is InChI=1S/C49H33N3O/c1-3-12-32(13-4-1)33-22-24-36(25-23-33)41-30-31-44-45(42-19-9-10-21-43(42)53-44)46(41)49-51-47(37-15-5-2-6-16-37)50-48(52-49)38-28-26-35(27-29-38)40-20-11-17-34-14-7-8-18-39(34)40/h1-31,49H,(H,50,51,52). The topological polar surface area (TPSA) is 49.9 Å². The zero-order valence-electron chi connectivity index (χ0n) is 28.8. The first-order valence-electron chi connectivity index (χ1n) is 17.9. The highest BCUT2D eigenvalue weighted by Gasteiger charge is 2.27. The van der Waals surface area contributed by atoms with Gasteiger partial charge in [-0.3, -0.25) is 0 Å². The van der Waals surface area contributed by atoms with Gasteiger partial charge in [-0.15, -0.1) is 0 Å². The van der Waals surface area contributed by atoms with Gasteiger partial charge < -0.3 is 9.73 Å². The first-order chi connectivity index (χ1) is 26.3. The second kappa shape index (κ2) is 12.9. The summed E-state index contributed by atoms with van der Waals surface area (Å²) in [5.74, 6) is 1.54. The minimum Gasteiger partial charge on any atom is -0.456 e. The average molecular weight is 680 g/mol. The van der Waals surface area contributed by atoms with Crippen LogP contribution in [0.15, 0.2) is 202 Å². The first-order valence-corrected chi connectivity index (χ1v) is 17.9. The molecule has 1 N–H and O–H groups in total. The van der Waals surface area contributed by atoms with E-state index < -0.39 is 6.17 Å². The van der Waals surface area contributed by atoms with E-state index in [2.05, 4.69) is 157 Å². The van der Waals surface area contributed by atoms with E-state index in [1.807, 2.05) is 36.4 Å². The van der Waals surface area contributed by atoms with Crippen molar-refractivity contribution in [1.82, 2.24) is 5.32 Å². The van der Waals surface area contributed by atoms with Gasteiger partial charge in [0.05, 0.1) is 0 Å². The number of aliphatic imine (C=N–C) groups is 2. The van der Waals surface area contributed by atoms with Crippen LogP contribution in [0, 0.1) is 0 Å². The number of hydrogen-bond acceptors (Lipinski definition) is 4. The number of nitrogens with one attached hydrogen (secondary N) is 1. The van der Waals surface area contributed by atoms with Crippen molar-refractivity contribution in [3.05, 3.63) is 205 Å². The van der Waals surface area contributed by atoms with Crippen LogP contribution in [-0.2, 0) is 0 Å². The van der Waals surface area contributed by atoms with Gasteiger partial charge in [0.25, 0.3) is 0 Å². The third-order valence-electron chi connectivity index (χ3n) is 10.2. The van der Waals surface area contributed by atoms with Gasteiger partial charge in [0.1, 0.15) is 22.8 Å². The smallest absolute Gasteiger partial charge is 0.171 e. The highest BCUT2D eigenvalue weighted by atomic mass is 16.3. The van der Waals surface area contributed by atoms with Crippen molar-refractivity contribution in [2.45, 2.75) is 6.17 Å². The summed E-state index contributed by atoms with van der Waals surface area (Å²) in [5.41, 5.74) is 11.5. The van der Waals surface area contributed by atoms with E-state index in [0.29, 0.717) is 0 Å². The second-order valence-corrected chi connectivity index (χ2v) is 13.4. The minimum absolute atomic E-state index is 0.548. The molecule has 0 fully saturated rings. The lowest BCUT2D eigenvalue weighted by atomic mass is 9.92. The van der Waals surface area contributed by atoms with Crippen molar-refractivity contribution in [2.75, 3.05) is 0 Å². The molecular weight excluding hydrogens is 647 g/mol. The lowest BCUT2D eigenvalue weighted by Gasteiger charge is -2.24. The molecule has 0 amide bonds. The normalized spacial score (nSPS) is 14.2. The number of amidine groups is 2. The lowest BCUT2D eigenvalue weighted by molar-refractivity contribution is 0.667. The Hall–Kier alpha value is -7.04. The number of rotatable bonds is 6. The van der Waals surface area contributed by atoms with Gasteiger partial charge in [0.2, 0.25) is 0 Å². The molecule has 2 heterocycles. The molecule has 0 bridgehead atoms. The molecule has 1 aliphatic rings. The molecule has 0 saturated carbocycles. The summed E-state index contributed by atoms with van der Waals surface area (Å²) in [7, 11) is 0. The monoisotopic (exact) mass is 679 g/mol. The van der Waals surface area contributed by atoms with Gasteiger partial charge in [-0.1, -0.05) is 176 Å². The Labute approximate surface area is 307 Å². The van der Waals surface area contributed by atoms with E-state index in [1.165, 1.54) is 27.5 Å². The minimum atomic E-state index is -0.548. The van der Waals surface area contributed by atoms with Crippen LogP contribution in [0.1, 0.15) is 22.9 Å². The number of benzene rings is 8. The van der Waals surface area contributed by atoms with Gasteiger partial charge >= 0.3 is 0 Å². The highest BCUT2D eigenvalue weighted by molar-refractivity contribution is 6.17. The molecule has 0 saturated heterocycles. The van der Waals surface area contributed by atoms with E-state index >= 15 is 0 Å². The summed E-state index contributed by atoms with van der Waals surface area (Å²) in [4.78, 5) is 10.8. The lowest BCUT2D eigenvalue weighted by Crippen LogP contribution is -2.36. The van der Waals surface area contributed by atoms with Crippen LogP contribution in [0.4, 0.5) is 0 Å². The Morgan fingerprint density at radius 2 is 0.906 bits per heavy atom. The molecule has 1 aliphatic heterocycles. The number of furan rings is 1. The van der Waals surface area contributed by atoms with Crippen molar-refractivity contribution < 1.29 is 4.42 Å². The van der Waals surface area contributed by atoms with Crippen LogP contribution < -0.4 is 5.32 Å². The Kier molecular flexibility index (Phi) is 7.51. The molecule has 4 nitrogen and oxygen atoms in total. The van der Waals surface area contributed by atoms with Gasteiger partial charge in [-0.25, -0.2) is 9.98 Å². The molecule has 8 aromatic carbocycles. The predicted octanol–water partition coefficient (Wildman–Crippen LogP) is 12.2. The molecule has 0 radical (unpaired) electrons. The molecule has 1 atom stereocenters. The molecule has 53 heavy (non-hydrogen) atoms. The van der Waals surface area contributed by atoms with Gasteiger partial charge in [-0.05, 0) is 56.3 Å². The van der Waals surface area contributed by atoms with Crippen LogP contribution >= 0.6 is 0 Å². The fraction of sp³-hybridized carbons (Fsp3) is 0.0204. The zero-order valence-corrected chi connectivity index (χ0v) is 28.8. The summed E-state index contributed by atoms with van der Waals surface area (Å²) in [6.07, 6.45) is -0.548. The summed E-state index contributed by atoms with van der Waals surface area (Å²) in [5, 5.41) is 8.16. The maximum absolute atomic E-state index is 6.45. The predicted molar refractivity (Wildman–Crippen MR) is 219 cm³/mol. The summed E-state index contributed by atoms with van der Waals surface area (Å²) < 4.78 is 6.45. The summed E-state index contributed by atoms with van der Waals surface area (Å²) in [6.45, 7) is 0. The highest BCUT2D eigenvalue weighted by Crippen LogP contribution is 2.43. The van der Waals surface area contributed by atoms with Crippen LogP contribution in [0.25, 0.3) is 66.1 Å². The largest absolute Gasteiger partial charge is 0.456 e. The Morgan fingerprint density at radius 3 is 1.64 bits per heavy atom. The number of fused-ring (bicyclic) bond motifs is 4. The zero-order chi connectivity index (χ0) is 35.1. The van der Waals surface area contributed by atoms with Gasteiger partial charge in [0.15, 0.2) is 6.17 Å². The van der Waals surface area contributed by atoms with E-state index in [4.69, 9.17) is 14.4 Å². The average Bonchev–Trinajstić information content (AvgIpc) is 3.63. The van der Waals surface area contributed by atoms with Crippen molar-refractivity contribution >= 4 is 44.4 Å². The molecule has 4 heteroatoms. The fourth-order valence-corrected chi connectivity index (χ4v) is 7.59. The van der Waals surface area contributed by atoms with Crippen molar-refractivity contribution in [1.29, 1.82) is 0 Å². The van der Waals surface area contributed by atoms with E-state index in [0.717, 1.165) is 67.0 Å². The maximum atomic E-state index is 6.45. The van der Waals surface area contributed by atoms with Crippen LogP contribution in [-0.4, -0.2) is 11.7 Å². The Balaban J connectivity index is 1.15. The van der Waals surface area contributed by atoms with E-state index in [-0.39, 0.29) is 0 Å². The quantitative estimate of drug-likeness (QED) is 0.190. The molecule has 0 aliphatic carbocycles. The SMILES string of the molecule is c1ccc(C2=NC(c3c(-c4ccc(-c5ccccc5)cc4)ccc4oc5ccccc5c34)N=C(c3ccc(-c4cccc5ccccc45)cc3)N2)cc1. The van der Waals surface area contributed by atoms with Crippen LogP contribution in [0.2, 0.25) is 0 Å². The van der Waals surface area contributed by atoms with Crippen molar-refractivity contribution in [2.24, 2.45) is 9.98 Å². The fourth-order valence-electron chi connectivity index (χ4n) is 7.59. The van der Waals surface area contributed by atoms with Crippen molar-refractivity contribution in [3.8, 4) is 33.4 Å². The van der Waals surface area contributed by atoms with Crippen molar-refractivity contribution in [3.63, 3.8) is 0 Å². The van der Waals surface area contributed by atoms with E-state index in [1.54, 1.807) is 0 Å². The molecule has 9 aromatic rings. The first kappa shape index (κ1) is 30.8. The van der Waals surface area contributed by atoms with Gasteiger partial charge in [0, 0.05) is 27.5 Å². The summed E-state index contributed by atoms with van der Waals surface area (Å²) in [6, 6.07) is 65.8. The second-order valence-electron chi connectivity index (χ2n) is 13.4. The molecule has 1 aromatic heterocycles. The van der Waals surface area contributed by atoms with Crippen LogP contribution in [0.5, 0.6) is 0 Å². The summed E-state index contributed by atoms with van der Waals surface area (Å²) >= 11 is 0. The Bertz CT molecular complexity index is 2830. The van der Waals surface area contributed by atoms with E-state index in [9.17, 15) is 0 Å². The third-order valence-corrected chi connectivity index (χ3v) is 10.2. The molecule has 1 unspecified atom stereocenters. The maximum Gasteiger partial charge on any atom is 0.171 e. The molecule has 0 spiro atoms.